The molecule has 0 bridgehead atoms. The van der Waals surface area contributed by atoms with Crippen molar-refractivity contribution in [2.45, 2.75) is 64.7 Å². The third-order valence-electron chi connectivity index (χ3n) is 4.30. The highest BCUT2D eigenvalue weighted by Gasteiger charge is 2.26. The number of halogens is 1. The highest BCUT2D eigenvalue weighted by atomic mass is 35.5. The topological polar surface area (TPSA) is 21.3 Å². The van der Waals surface area contributed by atoms with Crippen molar-refractivity contribution in [3.05, 3.63) is 34.9 Å². The van der Waals surface area contributed by atoms with E-state index >= 15 is 0 Å². The van der Waals surface area contributed by atoms with Gasteiger partial charge in [-0.1, -0.05) is 57.3 Å². The third-order valence-corrected chi connectivity index (χ3v) is 4.54. The summed E-state index contributed by atoms with van der Waals surface area (Å²) >= 11 is 6.15. The van der Waals surface area contributed by atoms with Crippen molar-refractivity contribution < 1.29 is 4.74 Å². The van der Waals surface area contributed by atoms with Crippen LogP contribution in [-0.4, -0.2) is 18.7 Å². The minimum atomic E-state index is 0.0802. The molecule has 1 aromatic rings. The van der Waals surface area contributed by atoms with Gasteiger partial charge in [0, 0.05) is 17.6 Å². The highest BCUT2D eigenvalue weighted by Crippen LogP contribution is 2.31. The first kappa shape index (κ1) is 16.8. The fourth-order valence-corrected chi connectivity index (χ4v) is 3.19. The highest BCUT2D eigenvalue weighted by molar-refractivity contribution is 6.30. The van der Waals surface area contributed by atoms with Crippen molar-refractivity contribution in [1.82, 2.24) is 5.32 Å². The average molecular weight is 310 g/mol. The van der Waals surface area contributed by atoms with Crippen LogP contribution in [0.25, 0.3) is 0 Å². The van der Waals surface area contributed by atoms with Gasteiger partial charge in [0.05, 0.1) is 12.2 Å². The zero-order valence-corrected chi connectivity index (χ0v) is 14.2. The second-order valence-electron chi connectivity index (χ2n) is 6.54. The molecular weight excluding hydrogens is 282 g/mol. The van der Waals surface area contributed by atoms with E-state index in [4.69, 9.17) is 16.3 Å². The van der Waals surface area contributed by atoms with Crippen LogP contribution < -0.4 is 5.32 Å². The Bertz CT molecular complexity index is 435. The Labute approximate surface area is 134 Å². The Morgan fingerprint density at radius 2 is 2.05 bits per heavy atom. The van der Waals surface area contributed by atoms with Gasteiger partial charge in [-0.05, 0) is 36.5 Å². The molecule has 3 heteroatoms. The molecule has 0 saturated heterocycles. The summed E-state index contributed by atoms with van der Waals surface area (Å²) in [4.78, 5) is 0. The van der Waals surface area contributed by atoms with E-state index in [1.54, 1.807) is 0 Å². The largest absolute Gasteiger partial charge is 0.369 e. The average Bonchev–Trinajstić information content (AvgIpc) is 2.45. The van der Waals surface area contributed by atoms with E-state index < -0.39 is 0 Å². The molecule has 0 radical (unpaired) electrons. The quantitative estimate of drug-likeness (QED) is 0.800. The van der Waals surface area contributed by atoms with Gasteiger partial charge in [0.2, 0.25) is 0 Å². The predicted octanol–water partition coefficient (Wildman–Crippen LogP) is 4.97. The van der Waals surface area contributed by atoms with E-state index in [-0.39, 0.29) is 6.10 Å². The summed E-state index contributed by atoms with van der Waals surface area (Å²) in [5.41, 5.74) is 1.17. The lowest BCUT2D eigenvalue weighted by Crippen LogP contribution is -2.34. The fraction of sp³-hybridized carbons (Fsp3) is 0.667. The van der Waals surface area contributed by atoms with Crippen molar-refractivity contribution in [2.75, 3.05) is 6.54 Å². The molecule has 1 aliphatic rings. The van der Waals surface area contributed by atoms with Crippen molar-refractivity contribution >= 4 is 11.6 Å². The Morgan fingerprint density at radius 1 is 1.29 bits per heavy atom. The minimum absolute atomic E-state index is 0.0802. The molecule has 3 unspecified atom stereocenters. The normalized spacial score (nSPS) is 24.2. The van der Waals surface area contributed by atoms with Crippen LogP contribution in [0.15, 0.2) is 24.3 Å². The molecule has 0 spiro atoms. The van der Waals surface area contributed by atoms with E-state index in [1.165, 1.54) is 31.2 Å². The molecular formula is C18H28ClNO. The molecule has 1 fully saturated rings. The Hall–Kier alpha value is -0.570. The summed E-state index contributed by atoms with van der Waals surface area (Å²) in [5.74, 6) is 0.652. The lowest BCUT2D eigenvalue weighted by molar-refractivity contribution is -0.0569. The first-order valence-corrected chi connectivity index (χ1v) is 8.58. The van der Waals surface area contributed by atoms with Crippen molar-refractivity contribution in [1.29, 1.82) is 0 Å². The van der Waals surface area contributed by atoms with E-state index in [0.717, 1.165) is 11.6 Å². The van der Waals surface area contributed by atoms with Crippen LogP contribution in [-0.2, 0) is 4.74 Å². The molecule has 2 nitrogen and oxygen atoms in total. The van der Waals surface area contributed by atoms with E-state index in [0.29, 0.717) is 18.1 Å². The maximum Gasteiger partial charge on any atom is 0.0953 e. The maximum atomic E-state index is 6.47. The van der Waals surface area contributed by atoms with Crippen LogP contribution in [0.4, 0.5) is 0 Å². The first-order chi connectivity index (χ1) is 10.1. The molecule has 118 valence electrons. The molecule has 1 aliphatic carbocycles. The molecule has 0 aromatic heterocycles. The Kier molecular flexibility index (Phi) is 6.53. The molecule has 0 amide bonds. The van der Waals surface area contributed by atoms with E-state index in [9.17, 15) is 0 Å². The third kappa shape index (κ3) is 5.28. The molecule has 21 heavy (non-hydrogen) atoms. The molecule has 3 atom stereocenters. The summed E-state index contributed by atoms with van der Waals surface area (Å²) < 4.78 is 6.47. The summed E-state index contributed by atoms with van der Waals surface area (Å²) in [6.07, 6.45) is 5.54. The summed E-state index contributed by atoms with van der Waals surface area (Å²) in [6, 6.07) is 8.53. The summed E-state index contributed by atoms with van der Waals surface area (Å²) in [7, 11) is 0. The van der Waals surface area contributed by atoms with Gasteiger partial charge in [0.15, 0.2) is 0 Å². The second-order valence-corrected chi connectivity index (χ2v) is 6.98. The first-order valence-electron chi connectivity index (χ1n) is 8.20. The SMILES string of the molecule is CC(C)NCC(OC1CCCCC1C)c1cccc(Cl)c1. The zero-order chi connectivity index (χ0) is 15.2. The van der Waals surface area contributed by atoms with Crippen LogP contribution in [0.1, 0.15) is 58.1 Å². The number of rotatable bonds is 6. The summed E-state index contributed by atoms with van der Waals surface area (Å²) in [6.45, 7) is 7.48. The van der Waals surface area contributed by atoms with Crippen molar-refractivity contribution in [2.24, 2.45) is 5.92 Å². The zero-order valence-electron chi connectivity index (χ0n) is 13.4. The molecule has 0 aliphatic heterocycles. The second kappa shape index (κ2) is 8.17. The van der Waals surface area contributed by atoms with Gasteiger partial charge in [0.1, 0.15) is 0 Å². The van der Waals surface area contributed by atoms with Gasteiger partial charge in [0.25, 0.3) is 0 Å². The molecule has 2 rings (SSSR count). The van der Waals surface area contributed by atoms with Crippen molar-refractivity contribution in [3.8, 4) is 0 Å². The van der Waals surface area contributed by atoms with Gasteiger partial charge in [-0.2, -0.15) is 0 Å². The van der Waals surface area contributed by atoms with Gasteiger partial charge in [-0.25, -0.2) is 0 Å². The predicted molar refractivity (Wildman–Crippen MR) is 89.8 cm³/mol. The van der Waals surface area contributed by atoms with Crippen LogP contribution in [0.3, 0.4) is 0 Å². The van der Waals surface area contributed by atoms with Crippen LogP contribution >= 0.6 is 11.6 Å². The number of nitrogens with one attached hydrogen (secondary N) is 1. The Morgan fingerprint density at radius 3 is 2.71 bits per heavy atom. The number of ether oxygens (including phenoxy) is 1. The smallest absolute Gasteiger partial charge is 0.0953 e. The van der Waals surface area contributed by atoms with Gasteiger partial charge in [-0.3, -0.25) is 0 Å². The number of hydrogen-bond donors (Lipinski definition) is 1. The van der Waals surface area contributed by atoms with Gasteiger partial charge in [-0.15, -0.1) is 0 Å². The van der Waals surface area contributed by atoms with Crippen LogP contribution in [0.2, 0.25) is 5.02 Å². The van der Waals surface area contributed by atoms with Crippen molar-refractivity contribution in [3.63, 3.8) is 0 Å². The number of hydrogen-bond acceptors (Lipinski definition) is 2. The van der Waals surface area contributed by atoms with E-state index in [1.807, 2.05) is 18.2 Å². The van der Waals surface area contributed by atoms with Gasteiger partial charge >= 0.3 is 0 Å². The molecule has 1 N–H and O–H groups in total. The molecule has 1 aromatic carbocycles. The lowest BCUT2D eigenvalue weighted by atomic mass is 9.87. The van der Waals surface area contributed by atoms with E-state index in [2.05, 4.69) is 32.2 Å². The summed E-state index contributed by atoms with van der Waals surface area (Å²) in [5, 5.41) is 4.28. The van der Waals surface area contributed by atoms with Crippen LogP contribution in [0.5, 0.6) is 0 Å². The van der Waals surface area contributed by atoms with Gasteiger partial charge < -0.3 is 10.1 Å². The monoisotopic (exact) mass is 309 g/mol. The maximum absolute atomic E-state index is 6.47. The molecule has 0 heterocycles. The lowest BCUT2D eigenvalue weighted by Gasteiger charge is -2.33. The fourth-order valence-electron chi connectivity index (χ4n) is 2.99. The Balaban J connectivity index is 2.07. The minimum Gasteiger partial charge on any atom is -0.369 e. The molecule has 1 saturated carbocycles. The standard InChI is InChI=1S/C18H28ClNO/c1-13(2)20-12-18(15-8-6-9-16(19)11-15)21-17-10-5-4-7-14(17)3/h6,8-9,11,13-14,17-18,20H,4-5,7,10,12H2,1-3H3. The number of benzene rings is 1. The van der Waals surface area contributed by atoms with Crippen LogP contribution in [0, 0.1) is 5.92 Å².